The maximum Gasteiger partial charge on any atom is 0.141 e. The number of ether oxygens (including phenoxy) is 1. The van der Waals surface area contributed by atoms with Crippen LogP contribution in [0.4, 0.5) is 5.69 Å². The lowest BCUT2D eigenvalue weighted by atomic mass is 10.2. The van der Waals surface area contributed by atoms with E-state index >= 15 is 0 Å². The molecule has 0 atom stereocenters. The summed E-state index contributed by atoms with van der Waals surface area (Å²) < 4.78 is 6.54. The van der Waals surface area contributed by atoms with Crippen LogP contribution in [0.3, 0.4) is 0 Å². The molecule has 17 heavy (non-hydrogen) atoms. The second kappa shape index (κ2) is 5.91. The van der Waals surface area contributed by atoms with Crippen molar-refractivity contribution in [2.24, 2.45) is 0 Å². The van der Waals surface area contributed by atoms with Crippen LogP contribution in [0.15, 0.2) is 48.5 Å². The van der Waals surface area contributed by atoms with E-state index in [1.165, 1.54) is 9.13 Å². The summed E-state index contributed by atoms with van der Waals surface area (Å²) in [5.41, 5.74) is 2.28. The maximum atomic E-state index is 5.29. The molecule has 2 nitrogen and oxygen atoms in total. The lowest BCUT2D eigenvalue weighted by Gasteiger charge is -2.10. The van der Waals surface area contributed by atoms with Crippen molar-refractivity contribution >= 4 is 28.3 Å². The molecule has 0 unspecified atom stereocenters. The zero-order valence-corrected chi connectivity index (χ0v) is 11.8. The van der Waals surface area contributed by atoms with Crippen molar-refractivity contribution in [2.75, 3.05) is 12.4 Å². The quantitative estimate of drug-likeness (QED) is 0.853. The molecule has 0 aliphatic rings. The first kappa shape index (κ1) is 12.2. The lowest BCUT2D eigenvalue weighted by molar-refractivity contribution is 0.416. The number of para-hydroxylation sites is 2. The molecule has 0 saturated heterocycles. The van der Waals surface area contributed by atoms with Gasteiger partial charge in [0.15, 0.2) is 0 Å². The standard InChI is InChI=1S/C14H14INO/c1-17-14-5-3-2-4-13(14)16-10-11-6-8-12(15)9-7-11/h2-9,16H,10H2,1H3. The summed E-state index contributed by atoms with van der Waals surface area (Å²) >= 11 is 2.31. The zero-order chi connectivity index (χ0) is 12.1. The predicted octanol–water partition coefficient (Wildman–Crippen LogP) is 3.91. The summed E-state index contributed by atoms with van der Waals surface area (Å²) in [6.45, 7) is 0.803. The minimum atomic E-state index is 0.803. The van der Waals surface area contributed by atoms with E-state index < -0.39 is 0 Å². The van der Waals surface area contributed by atoms with Crippen LogP contribution >= 0.6 is 22.6 Å². The van der Waals surface area contributed by atoms with E-state index in [0.717, 1.165) is 18.0 Å². The number of hydrogen-bond acceptors (Lipinski definition) is 2. The molecule has 2 aromatic carbocycles. The van der Waals surface area contributed by atoms with Gasteiger partial charge in [0.25, 0.3) is 0 Å². The first-order chi connectivity index (χ1) is 8.29. The van der Waals surface area contributed by atoms with E-state index in [9.17, 15) is 0 Å². The molecule has 2 rings (SSSR count). The molecule has 0 fully saturated rings. The number of nitrogens with one attached hydrogen (secondary N) is 1. The summed E-state index contributed by atoms with van der Waals surface area (Å²) in [5.74, 6) is 0.873. The highest BCUT2D eigenvalue weighted by molar-refractivity contribution is 14.1. The second-order valence-corrected chi connectivity index (χ2v) is 4.93. The van der Waals surface area contributed by atoms with E-state index in [4.69, 9.17) is 4.74 Å². The SMILES string of the molecule is COc1ccccc1NCc1ccc(I)cc1. The molecule has 3 heteroatoms. The Balaban J connectivity index is 2.04. The first-order valence-electron chi connectivity index (χ1n) is 5.41. The van der Waals surface area contributed by atoms with Gasteiger partial charge in [0.2, 0.25) is 0 Å². The normalized spacial score (nSPS) is 10.0. The maximum absolute atomic E-state index is 5.29. The molecule has 88 valence electrons. The van der Waals surface area contributed by atoms with Crippen LogP contribution < -0.4 is 10.1 Å². The molecule has 0 bridgehead atoms. The van der Waals surface area contributed by atoms with Gasteiger partial charge < -0.3 is 10.1 Å². The Kier molecular flexibility index (Phi) is 4.25. The van der Waals surface area contributed by atoms with Gasteiger partial charge in [-0.25, -0.2) is 0 Å². The van der Waals surface area contributed by atoms with Crippen LogP contribution in [0.2, 0.25) is 0 Å². The van der Waals surface area contributed by atoms with Gasteiger partial charge in [-0.05, 0) is 52.4 Å². The largest absolute Gasteiger partial charge is 0.495 e. The number of benzene rings is 2. The van der Waals surface area contributed by atoms with Gasteiger partial charge in [0.1, 0.15) is 5.75 Å². The van der Waals surface area contributed by atoms with Crippen LogP contribution in [0.1, 0.15) is 5.56 Å². The molecule has 0 aliphatic carbocycles. The highest BCUT2D eigenvalue weighted by Crippen LogP contribution is 2.23. The van der Waals surface area contributed by atoms with Gasteiger partial charge in [-0.15, -0.1) is 0 Å². The number of rotatable bonds is 4. The fraction of sp³-hybridized carbons (Fsp3) is 0.143. The fourth-order valence-corrected chi connectivity index (χ4v) is 1.95. The highest BCUT2D eigenvalue weighted by atomic mass is 127. The smallest absolute Gasteiger partial charge is 0.141 e. The Morgan fingerprint density at radius 3 is 2.47 bits per heavy atom. The molecular formula is C14H14INO. The summed E-state index contributed by atoms with van der Waals surface area (Å²) in [6.07, 6.45) is 0. The topological polar surface area (TPSA) is 21.3 Å². The Morgan fingerprint density at radius 1 is 1.06 bits per heavy atom. The van der Waals surface area contributed by atoms with Gasteiger partial charge in [-0.1, -0.05) is 24.3 Å². The zero-order valence-electron chi connectivity index (χ0n) is 9.61. The molecule has 2 aromatic rings. The van der Waals surface area contributed by atoms with Crippen molar-refractivity contribution in [1.82, 2.24) is 0 Å². The number of hydrogen-bond donors (Lipinski definition) is 1. The number of methoxy groups -OCH3 is 1. The second-order valence-electron chi connectivity index (χ2n) is 3.68. The van der Waals surface area contributed by atoms with E-state index in [0.29, 0.717) is 0 Å². The van der Waals surface area contributed by atoms with Gasteiger partial charge in [-0.2, -0.15) is 0 Å². The van der Waals surface area contributed by atoms with Crippen LogP contribution in [0.25, 0.3) is 0 Å². The first-order valence-corrected chi connectivity index (χ1v) is 6.49. The Labute approximate surface area is 115 Å². The van der Waals surface area contributed by atoms with Crippen LogP contribution in [0.5, 0.6) is 5.75 Å². The van der Waals surface area contributed by atoms with E-state index in [1.54, 1.807) is 7.11 Å². The summed E-state index contributed by atoms with van der Waals surface area (Å²) in [4.78, 5) is 0. The molecule has 0 radical (unpaired) electrons. The van der Waals surface area contributed by atoms with Gasteiger partial charge in [0.05, 0.1) is 12.8 Å². The Bertz CT molecular complexity index is 482. The summed E-state index contributed by atoms with van der Waals surface area (Å²) in [6, 6.07) is 16.4. The van der Waals surface area contributed by atoms with Crippen LogP contribution in [-0.2, 0) is 6.54 Å². The molecular weight excluding hydrogens is 325 g/mol. The van der Waals surface area contributed by atoms with Gasteiger partial charge >= 0.3 is 0 Å². The van der Waals surface area contributed by atoms with Crippen LogP contribution in [-0.4, -0.2) is 7.11 Å². The molecule has 0 amide bonds. The Hall–Kier alpha value is -1.23. The monoisotopic (exact) mass is 339 g/mol. The van der Waals surface area contributed by atoms with Crippen LogP contribution in [0, 0.1) is 3.57 Å². The third kappa shape index (κ3) is 3.36. The van der Waals surface area contributed by atoms with Crippen molar-refractivity contribution in [3.05, 3.63) is 57.7 Å². The Morgan fingerprint density at radius 2 is 1.76 bits per heavy atom. The molecule has 0 heterocycles. The average molecular weight is 339 g/mol. The predicted molar refractivity (Wildman–Crippen MR) is 79.5 cm³/mol. The number of halogens is 1. The van der Waals surface area contributed by atoms with Crippen molar-refractivity contribution in [3.8, 4) is 5.75 Å². The summed E-state index contributed by atoms with van der Waals surface area (Å²) in [7, 11) is 1.69. The average Bonchev–Trinajstić information content (AvgIpc) is 2.38. The minimum Gasteiger partial charge on any atom is -0.495 e. The fourth-order valence-electron chi connectivity index (χ4n) is 1.59. The van der Waals surface area contributed by atoms with Gasteiger partial charge in [-0.3, -0.25) is 0 Å². The molecule has 0 spiro atoms. The van der Waals surface area contributed by atoms with Crippen molar-refractivity contribution < 1.29 is 4.74 Å². The summed E-state index contributed by atoms with van der Waals surface area (Å²) in [5, 5.41) is 3.37. The molecule has 0 saturated carbocycles. The van der Waals surface area contributed by atoms with Crippen molar-refractivity contribution in [1.29, 1.82) is 0 Å². The third-order valence-corrected chi connectivity index (χ3v) is 3.22. The van der Waals surface area contributed by atoms with E-state index in [1.807, 2.05) is 24.3 Å². The third-order valence-electron chi connectivity index (χ3n) is 2.50. The van der Waals surface area contributed by atoms with E-state index in [-0.39, 0.29) is 0 Å². The molecule has 1 N–H and O–H groups in total. The molecule has 0 aromatic heterocycles. The van der Waals surface area contributed by atoms with Crippen molar-refractivity contribution in [3.63, 3.8) is 0 Å². The van der Waals surface area contributed by atoms with Gasteiger partial charge in [0, 0.05) is 10.1 Å². The minimum absolute atomic E-state index is 0.803. The number of anilines is 1. The molecule has 0 aliphatic heterocycles. The van der Waals surface area contributed by atoms with Crippen molar-refractivity contribution in [2.45, 2.75) is 6.54 Å². The highest BCUT2D eigenvalue weighted by Gasteiger charge is 2.00. The van der Waals surface area contributed by atoms with E-state index in [2.05, 4.69) is 52.2 Å². The lowest BCUT2D eigenvalue weighted by Crippen LogP contribution is -2.01.